The van der Waals surface area contributed by atoms with Gasteiger partial charge in [-0.15, -0.1) is 0 Å². The number of nitro benzene ring substituents is 1. The van der Waals surface area contributed by atoms with Crippen LogP contribution in [0.1, 0.15) is 36.6 Å². The Balaban J connectivity index is 1.67. The fraction of sp³-hybridized carbons (Fsp3) is 0.0455. The highest BCUT2D eigenvalue weighted by molar-refractivity contribution is 6.36. The molecule has 1 heterocycles. The van der Waals surface area contributed by atoms with Crippen molar-refractivity contribution in [3.8, 4) is 0 Å². The molecule has 4 rings (SSSR count). The normalized spacial score (nSPS) is 12.6. The number of nitrogens with zero attached hydrogens (tertiary/aromatic N) is 2. The molecule has 154 valence electrons. The lowest BCUT2D eigenvalue weighted by molar-refractivity contribution is -0.385. The van der Waals surface area contributed by atoms with Crippen LogP contribution in [0.3, 0.4) is 0 Å². The summed E-state index contributed by atoms with van der Waals surface area (Å²) in [6.45, 7) is 1.76. The van der Waals surface area contributed by atoms with Crippen molar-refractivity contribution in [2.75, 3.05) is 10.2 Å². The second kappa shape index (κ2) is 7.66. The van der Waals surface area contributed by atoms with E-state index >= 15 is 0 Å². The van der Waals surface area contributed by atoms with E-state index in [9.17, 15) is 24.5 Å². The lowest BCUT2D eigenvalue weighted by atomic mass is 10.1. The predicted molar refractivity (Wildman–Crippen MR) is 115 cm³/mol. The van der Waals surface area contributed by atoms with Crippen LogP contribution in [-0.4, -0.2) is 22.6 Å². The molecule has 0 unspecified atom stereocenters. The Labute approximate surface area is 181 Å². The highest BCUT2D eigenvalue weighted by Gasteiger charge is 2.41. The van der Waals surface area contributed by atoms with Crippen LogP contribution in [0.25, 0.3) is 0 Å². The van der Waals surface area contributed by atoms with Crippen molar-refractivity contribution in [1.82, 2.24) is 0 Å². The summed E-state index contributed by atoms with van der Waals surface area (Å²) in [7, 11) is 0. The van der Waals surface area contributed by atoms with Gasteiger partial charge >= 0.3 is 0 Å². The Morgan fingerprint density at radius 3 is 2.48 bits per heavy atom. The van der Waals surface area contributed by atoms with Gasteiger partial charge in [-0.2, -0.15) is 0 Å². The number of anilines is 2. The molecule has 0 bridgehead atoms. The van der Waals surface area contributed by atoms with Gasteiger partial charge in [0, 0.05) is 22.3 Å². The van der Waals surface area contributed by atoms with Crippen LogP contribution in [0.2, 0.25) is 5.02 Å². The van der Waals surface area contributed by atoms with Crippen LogP contribution < -0.4 is 10.2 Å². The molecule has 0 spiro atoms. The maximum absolute atomic E-state index is 12.9. The molecule has 0 saturated heterocycles. The Hall–Kier alpha value is -4.04. The van der Waals surface area contributed by atoms with Crippen molar-refractivity contribution in [2.24, 2.45) is 0 Å². The maximum atomic E-state index is 12.9. The molecule has 0 fully saturated rings. The number of fused-ring (bicyclic) bond motifs is 1. The predicted octanol–water partition coefficient (Wildman–Crippen LogP) is 4.61. The van der Waals surface area contributed by atoms with Crippen molar-refractivity contribution in [1.29, 1.82) is 0 Å². The van der Waals surface area contributed by atoms with Gasteiger partial charge in [-0.05, 0) is 48.9 Å². The van der Waals surface area contributed by atoms with E-state index in [4.69, 9.17) is 11.6 Å². The van der Waals surface area contributed by atoms with Crippen molar-refractivity contribution >= 4 is 46.4 Å². The summed E-state index contributed by atoms with van der Waals surface area (Å²) >= 11 is 6.09. The summed E-state index contributed by atoms with van der Waals surface area (Å²) in [5.74, 6) is -1.96. The average Bonchev–Trinajstić information content (AvgIpc) is 3.01. The molecule has 9 heteroatoms. The first-order chi connectivity index (χ1) is 14.8. The van der Waals surface area contributed by atoms with Crippen molar-refractivity contribution in [3.63, 3.8) is 0 Å². The number of halogens is 1. The number of hydrogen-bond donors (Lipinski definition) is 1. The number of amides is 3. The summed E-state index contributed by atoms with van der Waals surface area (Å²) in [5, 5.41) is 14.5. The first kappa shape index (κ1) is 20.2. The maximum Gasteiger partial charge on any atom is 0.283 e. The summed E-state index contributed by atoms with van der Waals surface area (Å²) in [6, 6.07) is 14.9. The van der Waals surface area contributed by atoms with Crippen LogP contribution in [0.15, 0.2) is 60.7 Å². The number of nitro groups is 1. The van der Waals surface area contributed by atoms with Gasteiger partial charge in [-0.3, -0.25) is 24.5 Å². The number of benzene rings is 3. The van der Waals surface area contributed by atoms with E-state index in [1.54, 1.807) is 25.1 Å². The molecule has 3 aromatic rings. The largest absolute Gasteiger partial charge is 0.322 e. The van der Waals surface area contributed by atoms with Gasteiger partial charge in [0.25, 0.3) is 23.4 Å². The van der Waals surface area contributed by atoms with Gasteiger partial charge < -0.3 is 5.32 Å². The zero-order chi connectivity index (χ0) is 22.3. The van der Waals surface area contributed by atoms with Crippen LogP contribution in [0.4, 0.5) is 17.1 Å². The van der Waals surface area contributed by atoms with Crippen molar-refractivity contribution < 1.29 is 19.3 Å². The zero-order valence-electron chi connectivity index (χ0n) is 16.1. The van der Waals surface area contributed by atoms with E-state index in [0.29, 0.717) is 16.3 Å². The van der Waals surface area contributed by atoms with E-state index in [-0.39, 0.29) is 22.4 Å². The molecule has 0 saturated carbocycles. The molecular formula is C22H14ClN3O5. The highest BCUT2D eigenvalue weighted by Crippen LogP contribution is 2.34. The van der Waals surface area contributed by atoms with E-state index in [0.717, 1.165) is 4.90 Å². The van der Waals surface area contributed by atoms with Gasteiger partial charge in [0.1, 0.15) is 5.56 Å². The number of imide groups is 1. The number of carbonyl (C=O) groups is 3. The van der Waals surface area contributed by atoms with Gasteiger partial charge in [0.2, 0.25) is 0 Å². The van der Waals surface area contributed by atoms with Gasteiger partial charge in [-0.25, -0.2) is 4.90 Å². The molecule has 3 aromatic carbocycles. The number of hydrogen-bond acceptors (Lipinski definition) is 5. The minimum absolute atomic E-state index is 0.0522. The quantitative estimate of drug-likeness (QED) is 0.365. The van der Waals surface area contributed by atoms with Crippen molar-refractivity contribution in [2.45, 2.75) is 6.92 Å². The minimum Gasteiger partial charge on any atom is -0.322 e. The zero-order valence-corrected chi connectivity index (χ0v) is 16.8. The average molecular weight is 436 g/mol. The lowest BCUT2D eigenvalue weighted by Gasteiger charge is -2.15. The summed E-state index contributed by atoms with van der Waals surface area (Å²) in [5.41, 5.74) is 0.800. The Morgan fingerprint density at radius 1 is 1.03 bits per heavy atom. The molecule has 0 radical (unpaired) electrons. The third-order valence-electron chi connectivity index (χ3n) is 4.97. The third kappa shape index (κ3) is 3.43. The van der Waals surface area contributed by atoms with E-state index in [1.807, 2.05) is 0 Å². The van der Waals surface area contributed by atoms with Crippen molar-refractivity contribution in [3.05, 3.63) is 98.1 Å². The molecule has 1 aliphatic rings. The smallest absolute Gasteiger partial charge is 0.283 e. The van der Waals surface area contributed by atoms with E-state index < -0.39 is 28.3 Å². The highest BCUT2D eigenvalue weighted by atomic mass is 35.5. The fourth-order valence-electron chi connectivity index (χ4n) is 3.38. The van der Waals surface area contributed by atoms with E-state index in [2.05, 4.69) is 5.32 Å². The SMILES string of the molecule is Cc1c(Cl)cccc1NC(=O)c1cccc(N2C(=O)c3cccc([N+](=O)[O-])c3C2=O)c1. The van der Waals surface area contributed by atoms with Crippen LogP contribution >= 0.6 is 11.6 Å². The standard InChI is InChI=1S/C22H14ClN3O5/c1-12-16(23)8-4-9-17(12)24-20(27)13-5-2-6-14(11-13)25-21(28)15-7-3-10-18(26(30)31)19(15)22(25)29/h2-11H,1H3,(H,24,27). The number of nitrogens with one attached hydrogen (secondary N) is 1. The topological polar surface area (TPSA) is 110 Å². The summed E-state index contributed by atoms with van der Waals surface area (Å²) < 4.78 is 0. The first-order valence-electron chi connectivity index (χ1n) is 9.12. The summed E-state index contributed by atoms with van der Waals surface area (Å²) in [6.07, 6.45) is 0. The van der Waals surface area contributed by atoms with E-state index in [1.165, 1.54) is 42.5 Å². The monoisotopic (exact) mass is 435 g/mol. The van der Waals surface area contributed by atoms with Crippen LogP contribution in [0.5, 0.6) is 0 Å². The summed E-state index contributed by atoms with van der Waals surface area (Å²) in [4.78, 5) is 49.8. The Kier molecular flexibility index (Phi) is 5.00. The number of carbonyl (C=O) groups excluding carboxylic acids is 3. The molecule has 8 nitrogen and oxygen atoms in total. The molecule has 0 aromatic heterocycles. The van der Waals surface area contributed by atoms with Gasteiger partial charge in [0.05, 0.1) is 16.2 Å². The molecule has 0 aliphatic carbocycles. The third-order valence-corrected chi connectivity index (χ3v) is 5.38. The van der Waals surface area contributed by atoms with Crippen LogP contribution in [0, 0.1) is 17.0 Å². The van der Waals surface area contributed by atoms with Gasteiger partial charge in [0.15, 0.2) is 0 Å². The molecule has 3 amide bonds. The Morgan fingerprint density at radius 2 is 1.74 bits per heavy atom. The Bertz CT molecular complexity index is 1290. The molecular weight excluding hydrogens is 422 g/mol. The second-order valence-corrected chi connectivity index (χ2v) is 7.23. The van der Waals surface area contributed by atoms with Crippen LogP contribution in [-0.2, 0) is 0 Å². The fourth-order valence-corrected chi connectivity index (χ4v) is 3.55. The first-order valence-corrected chi connectivity index (χ1v) is 9.50. The minimum atomic E-state index is -0.810. The second-order valence-electron chi connectivity index (χ2n) is 6.82. The number of rotatable bonds is 4. The molecule has 1 N–H and O–H groups in total. The molecule has 31 heavy (non-hydrogen) atoms. The molecule has 0 atom stereocenters. The lowest BCUT2D eigenvalue weighted by Crippen LogP contribution is -2.29. The molecule has 1 aliphatic heterocycles. The van der Waals surface area contributed by atoms with Gasteiger partial charge in [-0.1, -0.05) is 29.8 Å².